The molecule has 0 spiro atoms. The van der Waals surface area contributed by atoms with Crippen molar-refractivity contribution in [2.45, 2.75) is 44.0 Å². The zero-order chi connectivity index (χ0) is 20.3. The van der Waals surface area contributed by atoms with Gasteiger partial charge in [-0.2, -0.15) is 4.31 Å². The Kier molecular flexibility index (Phi) is 7.02. The minimum absolute atomic E-state index is 0.0787. The van der Waals surface area contributed by atoms with Crippen LogP contribution in [0.3, 0.4) is 0 Å². The summed E-state index contributed by atoms with van der Waals surface area (Å²) in [6, 6.07) is 6.52. The second-order valence-electron chi connectivity index (χ2n) is 8.23. The molecule has 3 atom stereocenters. The molecule has 2 fully saturated rings. The molecule has 28 heavy (non-hydrogen) atoms. The quantitative estimate of drug-likeness (QED) is 0.739. The first-order valence-corrected chi connectivity index (χ1v) is 12.0. The highest BCUT2D eigenvalue weighted by molar-refractivity contribution is 7.89. The molecule has 0 bridgehead atoms. The smallest absolute Gasteiger partial charge is 0.275 e. The predicted octanol–water partition coefficient (Wildman–Crippen LogP) is 1.17. The normalized spacial score (nSPS) is 27.5. The van der Waals surface area contributed by atoms with E-state index in [1.54, 1.807) is 12.1 Å². The molecule has 2 aliphatic rings. The van der Waals surface area contributed by atoms with Gasteiger partial charge in [-0.05, 0) is 42.5 Å². The maximum Gasteiger partial charge on any atom is 0.275 e. The first-order valence-electron chi connectivity index (χ1n) is 10.2. The van der Waals surface area contributed by atoms with Crippen LogP contribution < -0.4 is 10.2 Å². The molecular formula is C20H31ClN3O3S+. The fourth-order valence-electron chi connectivity index (χ4n) is 4.25. The molecule has 8 heteroatoms. The van der Waals surface area contributed by atoms with Crippen molar-refractivity contribution in [1.29, 1.82) is 0 Å². The molecule has 1 aliphatic carbocycles. The summed E-state index contributed by atoms with van der Waals surface area (Å²) in [4.78, 5) is 13.9. The molecule has 0 radical (unpaired) electrons. The van der Waals surface area contributed by atoms with Gasteiger partial charge in [-0.15, -0.1) is 0 Å². The van der Waals surface area contributed by atoms with E-state index in [4.69, 9.17) is 11.6 Å². The van der Waals surface area contributed by atoms with Gasteiger partial charge in [0.05, 0.1) is 31.1 Å². The van der Waals surface area contributed by atoms with Gasteiger partial charge in [0.25, 0.3) is 5.91 Å². The molecule has 1 amide bonds. The number of hydrogen-bond acceptors (Lipinski definition) is 3. The predicted molar refractivity (Wildman–Crippen MR) is 110 cm³/mol. The summed E-state index contributed by atoms with van der Waals surface area (Å²) in [5, 5.41) is 3.73. The molecule has 6 nitrogen and oxygen atoms in total. The second-order valence-corrected chi connectivity index (χ2v) is 10.6. The van der Waals surface area contributed by atoms with Crippen molar-refractivity contribution in [3.63, 3.8) is 0 Å². The lowest BCUT2D eigenvalue weighted by molar-refractivity contribution is -0.895. The number of nitrogens with one attached hydrogen (secondary N) is 2. The van der Waals surface area contributed by atoms with Crippen molar-refractivity contribution >= 4 is 27.5 Å². The standard InChI is InChI=1S/C20H30ClN3O3S/c1-15-4-3-5-19(16(15)2)22-20(25)14-23-10-12-24(13-11-23)28(26,27)18-8-6-17(21)7-9-18/h6-9,15-16,19H,3-5,10-14H2,1-2H3,(H,22,25)/p+1/t15-,16-,19-/m1/s1. The van der Waals surface area contributed by atoms with Crippen LogP contribution in [0.25, 0.3) is 0 Å². The average molecular weight is 429 g/mol. The van der Waals surface area contributed by atoms with Crippen LogP contribution in [0.2, 0.25) is 5.02 Å². The number of halogens is 1. The second kappa shape index (κ2) is 9.11. The average Bonchev–Trinajstić information content (AvgIpc) is 2.66. The van der Waals surface area contributed by atoms with E-state index in [0.29, 0.717) is 49.6 Å². The fraction of sp³-hybridized carbons (Fsp3) is 0.650. The van der Waals surface area contributed by atoms with Crippen molar-refractivity contribution in [3.8, 4) is 0 Å². The van der Waals surface area contributed by atoms with Crippen molar-refractivity contribution in [2.24, 2.45) is 11.8 Å². The largest absolute Gasteiger partial charge is 0.348 e. The Morgan fingerprint density at radius 3 is 2.46 bits per heavy atom. The number of piperazine rings is 1. The molecule has 0 unspecified atom stereocenters. The molecule has 1 saturated carbocycles. The number of rotatable bonds is 5. The monoisotopic (exact) mass is 428 g/mol. The van der Waals surface area contributed by atoms with Gasteiger partial charge in [-0.1, -0.05) is 38.3 Å². The van der Waals surface area contributed by atoms with Crippen LogP contribution in [-0.2, 0) is 14.8 Å². The minimum Gasteiger partial charge on any atom is -0.348 e. The van der Waals surface area contributed by atoms with Crippen molar-refractivity contribution < 1.29 is 18.1 Å². The number of benzene rings is 1. The first-order chi connectivity index (χ1) is 13.3. The van der Waals surface area contributed by atoms with E-state index in [1.165, 1.54) is 29.3 Å². The highest BCUT2D eigenvalue weighted by Crippen LogP contribution is 2.29. The lowest BCUT2D eigenvalue weighted by Gasteiger charge is -2.35. The number of sulfonamides is 1. The number of nitrogens with zero attached hydrogens (tertiary/aromatic N) is 1. The molecular weight excluding hydrogens is 398 g/mol. The Morgan fingerprint density at radius 2 is 1.82 bits per heavy atom. The molecule has 1 aromatic rings. The van der Waals surface area contributed by atoms with Crippen molar-refractivity contribution in [2.75, 3.05) is 32.7 Å². The van der Waals surface area contributed by atoms with Gasteiger partial charge in [-0.25, -0.2) is 8.42 Å². The fourth-order valence-corrected chi connectivity index (χ4v) is 5.81. The number of amides is 1. The van der Waals surface area contributed by atoms with E-state index in [-0.39, 0.29) is 16.8 Å². The Morgan fingerprint density at radius 1 is 1.18 bits per heavy atom. The Balaban J connectivity index is 1.50. The summed E-state index contributed by atoms with van der Waals surface area (Å²) < 4.78 is 27.0. The van der Waals surface area contributed by atoms with Crippen LogP contribution in [0, 0.1) is 11.8 Å². The SMILES string of the molecule is C[C@@H]1[C@H](C)CCC[C@H]1NC(=O)C[NH+]1CCN(S(=O)(=O)c2ccc(Cl)cc2)CC1. The first kappa shape index (κ1) is 21.6. The zero-order valence-corrected chi connectivity index (χ0v) is 18.2. The van der Waals surface area contributed by atoms with E-state index >= 15 is 0 Å². The van der Waals surface area contributed by atoms with Gasteiger partial charge in [0.2, 0.25) is 10.0 Å². The van der Waals surface area contributed by atoms with E-state index in [0.717, 1.165) is 11.3 Å². The number of carbonyl (C=O) groups is 1. The molecule has 0 aromatic heterocycles. The molecule has 1 aromatic carbocycles. The van der Waals surface area contributed by atoms with E-state index in [9.17, 15) is 13.2 Å². The van der Waals surface area contributed by atoms with Crippen LogP contribution in [-0.4, -0.2) is 57.4 Å². The van der Waals surface area contributed by atoms with Crippen molar-refractivity contribution in [3.05, 3.63) is 29.3 Å². The van der Waals surface area contributed by atoms with Gasteiger partial charge in [0, 0.05) is 11.1 Å². The molecule has 3 rings (SSSR count). The van der Waals surface area contributed by atoms with Crippen LogP contribution in [0.4, 0.5) is 0 Å². The number of quaternary nitrogens is 1. The van der Waals surface area contributed by atoms with Gasteiger partial charge in [-0.3, -0.25) is 4.79 Å². The summed E-state index contributed by atoms with van der Waals surface area (Å²) in [5.74, 6) is 1.23. The van der Waals surface area contributed by atoms with Gasteiger partial charge >= 0.3 is 0 Å². The van der Waals surface area contributed by atoms with E-state index in [2.05, 4.69) is 19.2 Å². The summed E-state index contributed by atoms with van der Waals surface area (Å²) in [6.07, 6.45) is 3.47. The molecule has 1 aliphatic heterocycles. The third kappa shape index (κ3) is 5.06. The van der Waals surface area contributed by atoms with E-state index < -0.39 is 10.0 Å². The molecule has 156 valence electrons. The summed E-state index contributed by atoms with van der Waals surface area (Å²) in [5.41, 5.74) is 0. The Labute approximate surface area is 173 Å². The molecule has 2 N–H and O–H groups in total. The topological polar surface area (TPSA) is 70.9 Å². The molecule has 1 saturated heterocycles. The highest BCUT2D eigenvalue weighted by Gasteiger charge is 2.32. The third-order valence-electron chi connectivity index (χ3n) is 6.34. The van der Waals surface area contributed by atoms with Crippen LogP contribution in [0.5, 0.6) is 0 Å². The zero-order valence-electron chi connectivity index (χ0n) is 16.7. The van der Waals surface area contributed by atoms with Gasteiger partial charge < -0.3 is 10.2 Å². The summed E-state index contributed by atoms with van der Waals surface area (Å²) in [7, 11) is -3.51. The number of carbonyl (C=O) groups excluding carboxylic acids is 1. The summed E-state index contributed by atoms with van der Waals surface area (Å²) in [6.45, 7) is 7.01. The lowest BCUT2D eigenvalue weighted by atomic mass is 9.78. The Hall–Kier alpha value is -1.15. The maximum atomic E-state index is 12.8. The maximum absolute atomic E-state index is 12.8. The van der Waals surface area contributed by atoms with Gasteiger partial charge in [0.15, 0.2) is 6.54 Å². The highest BCUT2D eigenvalue weighted by atomic mass is 35.5. The van der Waals surface area contributed by atoms with Crippen LogP contribution in [0.1, 0.15) is 33.1 Å². The Bertz CT molecular complexity index is 776. The van der Waals surface area contributed by atoms with Crippen LogP contribution in [0.15, 0.2) is 29.2 Å². The van der Waals surface area contributed by atoms with Crippen molar-refractivity contribution in [1.82, 2.24) is 9.62 Å². The summed E-state index contributed by atoms with van der Waals surface area (Å²) >= 11 is 5.85. The number of hydrogen-bond donors (Lipinski definition) is 2. The minimum atomic E-state index is -3.51. The third-order valence-corrected chi connectivity index (χ3v) is 8.51. The van der Waals surface area contributed by atoms with Crippen LogP contribution >= 0.6 is 11.6 Å². The van der Waals surface area contributed by atoms with E-state index in [1.807, 2.05) is 0 Å². The lowest BCUT2D eigenvalue weighted by Crippen LogP contribution is -3.15. The molecule has 1 heterocycles. The van der Waals surface area contributed by atoms with Gasteiger partial charge in [0.1, 0.15) is 0 Å².